The number of carboxylic acid groups (broad SMARTS) is 1. The molecule has 2 N–H and O–H groups in total. The van der Waals surface area contributed by atoms with Gasteiger partial charge in [0.05, 0.1) is 23.0 Å². The van der Waals surface area contributed by atoms with Gasteiger partial charge in [-0.1, -0.05) is 19.3 Å². The second kappa shape index (κ2) is 4.24. The van der Waals surface area contributed by atoms with Crippen molar-refractivity contribution in [2.45, 2.75) is 38.2 Å². The third-order valence-electron chi connectivity index (χ3n) is 4.20. The summed E-state index contributed by atoms with van der Waals surface area (Å²) in [7, 11) is -3.28. The predicted molar refractivity (Wildman–Crippen MR) is 61.3 cm³/mol. The lowest BCUT2D eigenvalue weighted by Crippen LogP contribution is -2.45. The molecule has 2 atom stereocenters. The molecule has 1 aliphatic heterocycles. The Bertz CT molecular complexity index is 408. The second-order valence-electron chi connectivity index (χ2n) is 5.27. The van der Waals surface area contributed by atoms with E-state index >= 15 is 0 Å². The third kappa shape index (κ3) is 2.20. The van der Waals surface area contributed by atoms with Crippen LogP contribution in [-0.2, 0) is 14.6 Å². The van der Waals surface area contributed by atoms with Gasteiger partial charge in [0, 0.05) is 5.92 Å². The van der Waals surface area contributed by atoms with Crippen LogP contribution in [0.2, 0.25) is 0 Å². The number of sulfone groups is 1. The summed E-state index contributed by atoms with van der Waals surface area (Å²) >= 11 is 0. The maximum absolute atomic E-state index is 11.5. The van der Waals surface area contributed by atoms with Crippen LogP contribution in [0.5, 0.6) is 0 Å². The van der Waals surface area contributed by atoms with Crippen molar-refractivity contribution in [3.05, 3.63) is 0 Å². The van der Waals surface area contributed by atoms with E-state index in [0.717, 1.165) is 19.3 Å². The zero-order chi connectivity index (χ0) is 12.7. The summed E-state index contributed by atoms with van der Waals surface area (Å²) in [5.41, 5.74) is -1.03. The van der Waals surface area contributed by atoms with Gasteiger partial charge in [-0.25, -0.2) is 8.42 Å². The number of aliphatic carboxylic acids is 1. The fraction of sp³-hybridized carbons (Fsp3) is 0.909. The van der Waals surface area contributed by atoms with Crippen LogP contribution in [0.3, 0.4) is 0 Å². The van der Waals surface area contributed by atoms with Crippen LogP contribution in [0.15, 0.2) is 0 Å². The highest BCUT2D eigenvalue weighted by Crippen LogP contribution is 2.47. The summed E-state index contributed by atoms with van der Waals surface area (Å²) in [5, 5.41) is 19.3. The lowest BCUT2D eigenvalue weighted by Gasteiger charge is -2.39. The SMILES string of the molecule is O=C(O)C1(C2CS(=O)(=O)CC2O)CCCCC1. The molecule has 0 aromatic rings. The van der Waals surface area contributed by atoms with E-state index in [2.05, 4.69) is 0 Å². The van der Waals surface area contributed by atoms with Crippen LogP contribution < -0.4 is 0 Å². The van der Waals surface area contributed by atoms with Crippen LogP contribution in [-0.4, -0.2) is 42.2 Å². The van der Waals surface area contributed by atoms with Crippen molar-refractivity contribution >= 4 is 15.8 Å². The minimum absolute atomic E-state index is 0.180. The van der Waals surface area contributed by atoms with Crippen molar-refractivity contribution in [2.75, 3.05) is 11.5 Å². The first-order valence-electron chi connectivity index (χ1n) is 5.99. The van der Waals surface area contributed by atoms with Crippen LogP contribution >= 0.6 is 0 Å². The van der Waals surface area contributed by atoms with Crippen molar-refractivity contribution in [3.8, 4) is 0 Å². The first-order valence-corrected chi connectivity index (χ1v) is 7.81. The molecule has 1 heterocycles. The number of aliphatic hydroxyl groups excluding tert-OH is 1. The van der Waals surface area contributed by atoms with E-state index in [1.807, 2.05) is 0 Å². The molecule has 0 bridgehead atoms. The molecule has 5 nitrogen and oxygen atoms in total. The molecule has 1 saturated heterocycles. The average molecular weight is 262 g/mol. The molecule has 2 aliphatic rings. The first-order chi connectivity index (χ1) is 7.87. The molecule has 0 aromatic carbocycles. The Balaban J connectivity index is 2.31. The van der Waals surface area contributed by atoms with Gasteiger partial charge in [0.1, 0.15) is 0 Å². The Labute approximate surface area is 101 Å². The Hall–Kier alpha value is -0.620. The molecule has 6 heteroatoms. The largest absolute Gasteiger partial charge is 0.481 e. The molecular formula is C11H18O5S. The van der Waals surface area contributed by atoms with E-state index < -0.39 is 33.2 Å². The van der Waals surface area contributed by atoms with Gasteiger partial charge < -0.3 is 10.2 Å². The summed E-state index contributed by atoms with van der Waals surface area (Å²) < 4.78 is 23.0. The van der Waals surface area contributed by atoms with Crippen molar-refractivity contribution in [1.82, 2.24) is 0 Å². The number of carboxylic acids is 1. The smallest absolute Gasteiger partial charge is 0.310 e. The monoisotopic (exact) mass is 262 g/mol. The zero-order valence-corrected chi connectivity index (χ0v) is 10.4. The van der Waals surface area contributed by atoms with Crippen molar-refractivity contribution in [3.63, 3.8) is 0 Å². The maximum Gasteiger partial charge on any atom is 0.310 e. The molecule has 2 fully saturated rings. The average Bonchev–Trinajstić information content (AvgIpc) is 2.53. The fourth-order valence-electron chi connectivity index (χ4n) is 3.28. The summed E-state index contributed by atoms with van der Waals surface area (Å²) in [5.74, 6) is -2.05. The molecule has 2 rings (SSSR count). The van der Waals surface area contributed by atoms with E-state index in [1.165, 1.54) is 0 Å². The Morgan fingerprint density at radius 3 is 2.12 bits per heavy atom. The van der Waals surface area contributed by atoms with E-state index in [-0.39, 0.29) is 11.5 Å². The van der Waals surface area contributed by atoms with E-state index in [0.29, 0.717) is 12.8 Å². The van der Waals surface area contributed by atoms with Gasteiger partial charge in [-0.2, -0.15) is 0 Å². The highest BCUT2D eigenvalue weighted by molar-refractivity contribution is 7.91. The van der Waals surface area contributed by atoms with Gasteiger partial charge in [0.2, 0.25) is 0 Å². The third-order valence-corrected chi connectivity index (χ3v) is 5.92. The van der Waals surface area contributed by atoms with Gasteiger partial charge in [0.25, 0.3) is 0 Å². The van der Waals surface area contributed by atoms with Crippen LogP contribution in [0.1, 0.15) is 32.1 Å². The lowest BCUT2D eigenvalue weighted by molar-refractivity contribution is -0.157. The first kappa shape index (κ1) is 12.8. The van der Waals surface area contributed by atoms with E-state index in [9.17, 15) is 23.4 Å². The number of rotatable bonds is 2. The Kier molecular flexibility index (Phi) is 3.20. The van der Waals surface area contributed by atoms with Gasteiger partial charge in [-0.3, -0.25) is 4.79 Å². The van der Waals surface area contributed by atoms with E-state index in [1.54, 1.807) is 0 Å². The topological polar surface area (TPSA) is 91.7 Å². The van der Waals surface area contributed by atoms with Crippen molar-refractivity contribution in [1.29, 1.82) is 0 Å². The van der Waals surface area contributed by atoms with Gasteiger partial charge in [0.15, 0.2) is 9.84 Å². The predicted octanol–water partition coefficient (Wildman–Crippen LogP) is 0.427. The minimum Gasteiger partial charge on any atom is -0.481 e. The molecule has 2 unspecified atom stereocenters. The van der Waals surface area contributed by atoms with Crippen LogP contribution in [0, 0.1) is 11.3 Å². The van der Waals surface area contributed by atoms with Gasteiger partial charge in [-0.05, 0) is 12.8 Å². The number of hydrogen-bond donors (Lipinski definition) is 2. The number of carbonyl (C=O) groups is 1. The number of hydrogen-bond acceptors (Lipinski definition) is 4. The zero-order valence-electron chi connectivity index (χ0n) is 9.63. The molecule has 1 aliphatic carbocycles. The normalized spacial score (nSPS) is 35.6. The van der Waals surface area contributed by atoms with Crippen molar-refractivity contribution < 1.29 is 23.4 Å². The summed E-state index contributed by atoms with van der Waals surface area (Å²) in [6, 6.07) is 0. The van der Waals surface area contributed by atoms with Gasteiger partial charge in [-0.15, -0.1) is 0 Å². The lowest BCUT2D eigenvalue weighted by atomic mass is 9.65. The fourth-order valence-corrected chi connectivity index (χ4v) is 5.26. The summed E-state index contributed by atoms with van der Waals surface area (Å²) in [4.78, 5) is 11.5. The Morgan fingerprint density at radius 1 is 1.12 bits per heavy atom. The highest BCUT2D eigenvalue weighted by atomic mass is 32.2. The van der Waals surface area contributed by atoms with E-state index in [4.69, 9.17) is 0 Å². The maximum atomic E-state index is 11.5. The molecule has 17 heavy (non-hydrogen) atoms. The molecule has 0 aromatic heterocycles. The standard InChI is InChI=1S/C11H18O5S/c12-9-7-17(15,16)6-8(9)11(10(13)14)4-2-1-3-5-11/h8-9,12H,1-7H2,(H,13,14). The summed E-state index contributed by atoms with van der Waals surface area (Å²) in [6.07, 6.45) is 2.55. The van der Waals surface area contributed by atoms with Gasteiger partial charge >= 0.3 is 5.97 Å². The highest BCUT2D eigenvalue weighted by Gasteiger charge is 2.54. The molecule has 1 saturated carbocycles. The molecule has 0 radical (unpaired) electrons. The summed E-state index contributed by atoms with van der Waals surface area (Å²) in [6.45, 7) is 0. The molecule has 0 spiro atoms. The van der Waals surface area contributed by atoms with Crippen molar-refractivity contribution in [2.24, 2.45) is 11.3 Å². The molecule has 98 valence electrons. The molecule has 0 amide bonds. The minimum atomic E-state index is -3.28. The molecular weight excluding hydrogens is 244 g/mol. The second-order valence-corrected chi connectivity index (χ2v) is 7.43. The van der Waals surface area contributed by atoms with Crippen LogP contribution in [0.4, 0.5) is 0 Å². The number of aliphatic hydroxyl groups is 1. The quantitative estimate of drug-likeness (QED) is 0.753. The van der Waals surface area contributed by atoms with Crippen LogP contribution in [0.25, 0.3) is 0 Å². The Morgan fingerprint density at radius 2 is 1.71 bits per heavy atom.